The van der Waals surface area contributed by atoms with Gasteiger partial charge in [-0.15, -0.1) is 0 Å². The highest BCUT2D eigenvalue weighted by molar-refractivity contribution is 7.75. The van der Waals surface area contributed by atoms with Gasteiger partial charge in [-0.3, -0.25) is 14.6 Å². The SMILES string of the molecule is C=C(F)/C(Cl)=C\C=C\OCC(=O)NC12CC[P+](NC(=O)c3cnccn3)(C1)C(O)C2. The number of fused-ring (bicyclic) bond motifs is 2. The second-order valence-corrected chi connectivity index (χ2v) is 11.3. The van der Waals surface area contributed by atoms with Crippen LogP contribution in [0.25, 0.3) is 0 Å². The molecule has 2 aliphatic rings. The minimum absolute atomic E-state index is 0.159. The van der Waals surface area contributed by atoms with Gasteiger partial charge in [-0.2, -0.15) is 0 Å². The highest BCUT2D eigenvalue weighted by Gasteiger charge is 2.68. The molecule has 3 heterocycles. The van der Waals surface area contributed by atoms with Gasteiger partial charge in [-0.25, -0.2) is 14.5 Å². The van der Waals surface area contributed by atoms with E-state index >= 15 is 0 Å². The van der Waals surface area contributed by atoms with Crippen LogP contribution in [0.2, 0.25) is 0 Å². The number of hydrogen-bond acceptors (Lipinski definition) is 6. The van der Waals surface area contributed by atoms with E-state index in [1.165, 1.54) is 37.0 Å². The summed E-state index contributed by atoms with van der Waals surface area (Å²) in [5.41, 5.74) is -0.375. The van der Waals surface area contributed by atoms with E-state index in [0.717, 1.165) is 0 Å². The molecule has 30 heavy (non-hydrogen) atoms. The number of aliphatic hydroxyl groups excluding tert-OH is 1. The molecule has 0 aromatic carbocycles. The largest absolute Gasteiger partial charge is 0.491 e. The van der Waals surface area contributed by atoms with Crippen LogP contribution >= 0.6 is 19.0 Å². The number of rotatable bonds is 8. The van der Waals surface area contributed by atoms with Gasteiger partial charge in [-0.05, 0) is 12.2 Å². The van der Waals surface area contributed by atoms with E-state index < -0.39 is 24.6 Å². The molecule has 0 spiro atoms. The maximum Gasteiger partial charge on any atom is 0.302 e. The molecule has 2 aliphatic heterocycles. The minimum atomic E-state index is -2.19. The first kappa shape index (κ1) is 22.3. The lowest BCUT2D eigenvalue weighted by atomic mass is 9.95. The molecule has 8 nitrogen and oxygen atoms in total. The van der Waals surface area contributed by atoms with E-state index in [9.17, 15) is 19.1 Å². The predicted octanol–water partition coefficient (Wildman–Crippen LogP) is 2.26. The van der Waals surface area contributed by atoms with Gasteiger partial charge in [0.25, 0.3) is 5.91 Å². The lowest BCUT2D eigenvalue weighted by Crippen LogP contribution is -2.49. The van der Waals surface area contributed by atoms with Crippen LogP contribution in [-0.4, -0.2) is 57.2 Å². The summed E-state index contributed by atoms with van der Waals surface area (Å²) < 4.78 is 17.8. The number of hydrogen-bond donors (Lipinski definition) is 3. The smallest absolute Gasteiger partial charge is 0.302 e. The summed E-state index contributed by atoms with van der Waals surface area (Å²) in [6, 6.07) is 0. The molecular formula is C19H22ClFN4O4P+. The van der Waals surface area contributed by atoms with Crippen molar-refractivity contribution in [2.45, 2.75) is 24.2 Å². The Labute approximate surface area is 178 Å². The molecule has 1 aromatic rings. The maximum absolute atomic E-state index is 12.7. The molecule has 2 fully saturated rings. The van der Waals surface area contributed by atoms with Crippen molar-refractivity contribution < 1.29 is 23.8 Å². The number of ether oxygens (including phenoxy) is 1. The third kappa shape index (κ3) is 5.03. The topological polar surface area (TPSA) is 113 Å². The first-order chi connectivity index (χ1) is 14.3. The summed E-state index contributed by atoms with van der Waals surface area (Å²) in [4.78, 5) is 32.7. The van der Waals surface area contributed by atoms with Crippen LogP contribution in [0.1, 0.15) is 23.3 Å². The highest BCUT2D eigenvalue weighted by atomic mass is 35.5. The fraction of sp³-hybridized carbons (Fsp3) is 0.368. The molecule has 2 saturated heterocycles. The second kappa shape index (κ2) is 9.20. The molecular weight excluding hydrogens is 434 g/mol. The number of carbonyl (C=O) groups is 2. The molecule has 0 aliphatic carbocycles. The molecule has 11 heteroatoms. The zero-order valence-electron chi connectivity index (χ0n) is 16.1. The van der Waals surface area contributed by atoms with Gasteiger partial charge in [0.15, 0.2) is 12.5 Å². The zero-order chi connectivity index (χ0) is 21.8. The van der Waals surface area contributed by atoms with E-state index in [0.29, 0.717) is 25.2 Å². The van der Waals surface area contributed by atoms with Gasteiger partial charge in [0.05, 0.1) is 29.2 Å². The number of aromatic nitrogens is 2. The monoisotopic (exact) mass is 455 g/mol. The van der Waals surface area contributed by atoms with Gasteiger partial charge in [0, 0.05) is 25.2 Å². The molecule has 2 bridgehead atoms. The second-order valence-electron chi connectivity index (χ2n) is 7.27. The van der Waals surface area contributed by atoms with Crippen molar-refractivity contribution >= 4 is 30.8 Å². The van der Waals surface area contributed by atoms with Crippen LogP contribution in [0.4, 0.5) is 4.39 Å². The van der Waals surface area contributed by atoms with E-state index in [1.54, 1.807) is 0 Å². The Morgan fingerprint density at radius 1 is 1.50 bits per heavy atom. The minimum Gasteiger partial charge on any atom is -0.491 e. The van der Waals surface area contributed by atoms with Crippen molar-refractivity contribution in [1.82, 2.24) is 20.4 Å². The molecule has 2 amide bonds. The number of amides is 2. The first-order valence-electron chi connectivity index (χ1n) is 9.18. The van der Waals surface area contributed by atoms with Crippen molar-refractivity contribution in [3.05, 3.63) is 60.1 Å². The van der Waals surface area contributed by atoms with Crippen molar-refractivity contribution in [1.29, 1.82) is 0 Å². The lowest BCUT2D eigenvalue weighted by molar-refractivity contribution is -0.125. The number of nitrogens with one attached hydrogen (secondary N) is 2. The van der Waals surface area contributed by atoms with Gasteiger partial charge in [0.1, 0.15) is 25.1 Å². The van der Waals surface area contributed by atoms with E-state index in [4.69, 9.17) is 16.3 Å². The molecule has 3 rings (SSSR count). The Bertz CT molecular complexity index is 900. The Balaban J connectivity index is 1.54. The van der Waals surface area contributed by atoms with Gasteiger partial charge >= 0.3 is 5.91 Å². The van der Waals surface area contributed by atoms with Crippen LogP contribution in [0.3, 0.4) is 0 Å². The number of aliphatic hydroxyl groups is 1. The van der Waals surface area contributed by atoms with Crippen LogP contribution < -0.4 is 10.4 Å². The summed E-state index contributed by atoms with van der Waals surface area (Å²) >= 11 is 5.56. The standard InChI is InChI=1S/C19H21ClFN4O4P/c1-13(21)14(20)3-2-7-29-11-16(26)24-19-4-8-30(12-19,17(27)9-19)25-18(28)15-10-22-5-6-23-15/h2-3,5-7,10,17,27H,1,4,8-9,11-12H2,(H-,24,25,26,28)/p+1/b7-2+,14-3+. The summed E-state index contributed by atoms with van der Waals surface area (Å²) in [6.45, 7) is 2.81. The molecule has 160 valence electrons. The van der Waals surface area contributed by atoms with Gasteiger partial charge < -0.3 is 15.2 Å². The van der Waals surface area contributed by atoms with Gasteiger partial charge in [0.2, 0.25) is 0 Å². The molecule has 0 radical (unpaired) electrons. The Morgan fingerprint density at radius 2 is 2.30 bits per heavy atom. The average Bonchev–Trinajstić information content (AvgIpc) is 3.19. The van der Waals surface area contributed by atoms with Crippen molar-refractivity contribution in [2.24, 2.45) is 0 Å². The van der Waals surface area contributed by atoms with Crippen LogP contribution in [-0.2, 0) is 9.53 Å². The summed E-state index contributed by atoms with van der Waals surface area (Å²) in [5.74, 6) is -2.17. The Morgan fingerprint density at radius 3 is 2.97 bits per heavy atom. The molecule has 1 aromatic heterocycles. The fourth-order valence-electron chi connectivity index (χ4n) is 3.78. The van der Waals surface area contributed by atoms with Crippen molar-refractivity contribution in [2.75, 3.05) is 18.9 Å². The summed E-state index contributed by atoms with van der Waals surface area (Å²) in [5, 5.41) is 16.4. The van der Waals surface area contributed by atoms with Gasteiger partial charge in [-0.1, -0.05) is 18.2 Å². The number of allylic oxidation sites excluding steroid dienone is 4. The quantitative estimate of drug-likeness (QED) is 0.315. The normalized spacial score (nSPS) is 27.8. The fourth-order valence-corrected chi connectivity index (χ4v) is 8.35. The first-order valence-corrected chi connectivity index (χ1v) is 11.8. The third-order valence-electron chi connectivity index (χ3n) is 5.13. The summed E-state index contributed by atoms with van der Waals surface area (Å²) in [7, 11) is -2.19. The van der Waals surface area contributed by atoms with E-state index in [2.05, 4.69) is 27.0 Å². The Hall–Kier alpha value is -2.35. The Kier molecular flexibility index (Phi) is 6.85. The number of nitrogens with zero attached hydrogens (tertiary/aromatic N) is 2. The third-order valence-corrected chi connectivity index (χ3v) is 9.63. The van der Waals surface area contributed by atoms with Crippen LogP contribution in [0.5, 0.6) is 0 Å². The highest BCUT2D eigenvalue weighted by Crippen LogP contribution is 2.73. The van der Waals surface area contributed by atoms with Crippen LogP contribution in [0.15, 0.2) is 54.4 Å². The molecule has 3 N–H and O–H groups in total. The average molecular weight is 456 g/mol. The zero-order valence-corrected chi connectivity index (χ0v) is 17.7. The number of halogens is 2. The maximum atomic E-state index is 12.7. The lowest BCUT2D eigenvalue weighted by Gasteiger charge is -2.27. The predicted molar refractivity (Wildman–Crippen MR) is 112 cm³/mol. The van der Waals surface area contributed by atoms with E-state index in [-0.39, 0.29) is 29.1 Å². The van der Waals surface area contributed by atoms with Crippen molar-refractivity contribution in [3.8, 4) is 0 Å². The van der Waals surface area contributed by atoms with E-state index in [1.807, 2.05) is 0 Å². The molecule has 3 unspecified atom stereocenters. The number of carbonyl (C=O) groups excluding carboxylic acids is 2. The molecule has 3 atom stereocenters. The summed E-state index contributed by atoms with van der Waals surface area (Å²) in [6.07, 6.45) is 10.3. The molecule has 0 saturated carbocycles. The van der Waals surface area contributed by atoms with Crippen LogP contribution in [0, 0.1) is 0 Å². The van der Waals surface area contributed by atoms with Crippen molar-refractivity contribution in [3.63, 3.8) is 0 Å².